The molecule has 8 nitrogen and oxygen atoms in total. The van der Waals surface area contributed by atoms with Gasteiger partial charge in [-0.3, -0.25) is 4.79 Å². The van der Waals surface area contributed by atoms with E-state index < -0.39 is 11.9 Å². The lowest BCUT2D eigenvalue weighted by Gasteiger charge is -2.36. The first-order valence-electron chi connectivity index (χ1n) is 10.3. The highest BCUT2D eigenvalue weighted by molar-refractivity contribution is 5.98. The van der Waals surface area contributed by atoms with E-state index in [0.29, 0.717) is 18.8 Å². The number of methoxy groups -OCH3 is 2. The van der Waals surface area contributed by atoms with Crippen LogP contribution in [0.1, 0.15) is 15.9 Å². The van der Waals surface area contributed by atoms with Crippen LogP contribution in [0, 0.1) is 6.92 Å². The summed E-state index contributed by atoms with van der Waals surface area (Å²) in [6, 6.07) is 15.1. The Morgan fingerprint density at radius 1 is 0.906 bits per heavy atom. The van der Waals surface area contributed by atoms with E-state index in [9.17, 15) is 14.4 Å². The lowest BCUT2D eigenvalue weighted by atomic mass is 10.1. The SMILES string of the molecule is COC(=O)/C=C(/Nc1ccc(N2CCN(C(=O)c3ccccc3C)CC2)cc1)C(=O)OC. The third-order valence-corrected chi connectivity index (χ3v) is 5.32. The van der Waals surface area contributed by atoms with Crippen molar-refractivity contribution in [3.05, 3.63) is 71.4 Å². The van der Waals surface area contributed by atoms with E-state index >= 15 is 0 Å². The van der Waals surface area contributed by atoms with E-state index in [1.165, 1.54) is 14.2 Å². The molecule has 1 heterocycles. The Morgan fingerprint density at radius 3 is 2.16 bits per heavy atom. The number of hydrogen-bond donors (Lipinski definition) is 1. The quantitative estimate of drug-likeness (QED) is 0.549. The summed E-state index contributed by atoms with van der Waals surface area (Å²) in [5.41, 5.74) is 3.35. The standard InChI is InChI=1S/C24H27N3O5/c1-17-6-4-5-7-20(17)23(29)27-14-12-26(13-15-27)19-10-8-18(9-11-19)25-21(24(30)32-3)16-22(28)31-2/h4-11,16,25H,12-15H2,1-3H3/b21-16+. The summed E-state index contributed by atoms with van der Waals surface area (Å²) in [5, 5.41) is 2.88. The Balaban J connectivity index is 1.62. The zero-order valence-corrected chi connectivity index (χ0v) is 18.5. The van der Waals surface area contributed by atoms with E-state index in [-0.39, 0.29) is 11.6 Å². The minimum atomic E-state index is -0.672. The summed E-state index contributed by atoms with van der Waals surface area (Å²) in [5.74, 6) is -1.27. The molecule has 168 valence electrons. The zero-order chi connectivity index (χ0) is 23.1. The number of rotatable bonds is 6. The van der Waals surface area contributed by atoms with Crippen molar-refractivity contribution < 1.29 is 23.9 Å². The number of anilines is 2. The minimum Gasteiger partial charge on any atom is -0.466 e. The Hall–Kier alpha value is -3.81. The van der Waals surface area contributed by atoms with Crippen LogP contribution in [0.3, 0.4) is 0 Å². The van der Waals surface area contributed by atoms with Crippen LogP contribution in [-0.2, 0) is 19.1 Å². The molecular weight excluding hydrogens is 410 g/mol. The number of aryl methyl sites for hydroxylation is 1. The molecule has 0 radical (unpaired) electrons. The molecule has 0 unspecified atom stereocenters. The summed E-state index contributed by atoms with van der Waals surface area (Å²) < 4.78 is 9.27. The summed E-state index contributed by atoms with van der Waals surface area (Å²) >= 11 is 0. The van der Waals surface area contributed by atoms with Gasteiger partial charge in [-0.2, -0.15) is 0 Å². The number of piperazine rings is 1. The van der Waals surface area contributed by atoms with Crippen LogP contribution >= 0.6 is 0 Å². The fourth-order valence-electron chi connectivity index (χ4n) is 3.49. The minimum absolute atomic E-state index is 0.0181. The maximum Gasteiger partial charge on any atom is 0.354 e. The second kappa shape index (κ2) is 10.5. The average Bonchev–Trinajstić information content (AvgIpc) is 2.83. The first-order chi connectivity index (χ1) is 15.4. The van der Waals surface area contributed by atoms with Gasteiger partial charge in [0.25, 0.3) is 5.91 Å². The fourth-order valence-corrected chi connectivity index (χ4v) is 3.49. The van der Waals surface area contributed by atoms with Crippen LogP contribution in [-0.4, -0.2) is 63.1 Å². The van der Waals surface area contributed by atoms with Crippen molar-refractivity contribution in [2.45, 2.75) is 6.92 Å². The number of nitrogens with one attached hydrogen (secondary N) is 1. The van der Waals surface area contributed by atoms with Crippen LogP contribution < -0.4 is 10.2 Å². The van der Waals surface area contributed by atoms with Gasteiger partial charge in [0.15, 0.2) is 0 Å². The van der Waals surface area contributed by atoms with Gasteiger partial charge in [-0.25, -0.2) is 9.59 Å². The van der Waals surface area contributed by atoms with Gasteiger partial charge in [-0.1, -0.05) is 18.2 Å². The van der Waals surface area contributed by atoms with Gasteiger partial charge in [0.2, 0.25) is 0 Å². The first-order valence-corrected chi connectivity index (χ1v) is 10.3. The van der Waals surface area contributed by atoms with Gasteiger partial charge < -0.3 is 24.6 Å². The van der Waals surface area contributed by atoms with Crippen molar-refractivity contribution in [2.75, 3.05) is 50.6 Å². The predicted octanol–water partition coefficient (Wildman–Crippen LogP) is 2.60. The van der Waals surface area contributed by atoms with Crippen LogP contribution in [0.25, 0.3) is 0 Å². The van der Waals surface area contributed by atoms with Crippen molar-refractivity contribution in [1.29, 1.82) is 0 Å². The molecule has 1 aliphatic rings. The third-order valence-electron chi connectivity index (χ3n) is 5.32. The van der Waals surface area contributed by atoms with Crippen molar-refractivity contribution >= 4 is 29.2 Å². The Bertz CT molecular complexity index is 1010. The van der Waals surface area contributed by atoms with Crippen molar-refractivity contribution in [3.63, 3.8) is 0 Å². The highest BCUT2D eigenvalue weighted by Crippen LogP contribution is 2.21. The fraction of sp³-hybridized carbons (Fsp3) is 0.292. The Labute approximate surface area is 187 Å². The highest BCUT2D eigenvalue weighted by atomic mass is 16.5. The maximum atomic E-state index is 12.8. The van der Waals surface area contributed by atoms with Gasteiger partial charge in [0.05, 0.1) is 20.3 Å². The molecule has 1 aliphatic heterocycles. The first kappa shape index (κ1) is 22.9. The van der Waals surface area contributed by atoms with Gasteiger partial charge in [0.1, 0.15) is 5.70 Å². The van der Waals surface area contributed by atoms with Crippen LogP contribution in [0.2, 0.25) is 0 Å². The molecule has 1 saturated heterocycles. The lowest BCUT2D eigenvalue weighted by molar-refractivity contribution is -0.138. The van der Waals surface area contributed by atoms with Crippen LogP contribution in [0.4, 0.5) is 11.4 Å². The van der Waals surface area contributed by atoms with E-state index in [0.717, 1.165) is 36.0 Å². The monoisotopic (exact) mass is 437 g/mol. The molecule has 2 aromatic rings. The smallest absolute Gasteiger partial charge is 0.354 e. The van der Waals surface area contributed by atoms with Crippen molar-refractivity contribution in [3.8, 4) is 0 Å². The molecule has 0 saturated carbocycles. The average molecular weight is 437 g/mol. The van der Waals surface area contributed by atoms with Gasteiger partial charge in [0, 0.05) is 43.1 Å². The topological polar surface area (TPSA) is 88.2 Å². The highest BCUT2D eigenvalue weighted by Gasteiger charge is 2.23. The molecule has 8 heteroatoms. The Kier molecular flexibility index (Phi) is 7.49. The number of carbonyl (C=O) groups is 3. The zero-order valence-electron chi connectivity index (χ0n) is 18.5. The number of benzene rings is 2. The number of ether oxygens (including phenoxy) is 2. The Morgan fingerprint density at radius 2 is 1.56 bits per heavy atom. The normalized spacial score (nSPS) is 14.0. The summed E-state index contributed by atoms with van der Waals surface area (Å²) in [7, 11) is 2.47. The number of esters is 2. The molecule has 0 bridgehead atoms. The molecule has 3 rings (SSSR count). The van der Waals surface area contributed by atoms with Crippen LogP contribution in [0.5, 0.6) is 0 Å². The molecule has 1 fully saturated rings. The van der Waals surface area contributed by atoms with E-state index in [2.05, 4.69) is 15.0 Å². The molecule has 0 aromatic heterocycles. The number of hydrogen-bond acceptors (Lipinski definition) is 7. The van der Waals surface area contributed by atoms with Crippen LogP contribution in [0.15, 0.2) is 60.3 Å². The van der Waals surface area contributed by atoms with Gasteiger partial charge in [-0.05, 0) is 42.8 Å². The molecular formula is C24H27N3O5. The summed E-state index contributed by atoms with van der Waals surface area (Å²) in [6.07, 6.45) is 1.05. The van der Waals surface area contributed by atoms with Gasteiger partial charge in [-0.15, -0.1) is 0 Å². The molecule has 2 aromatic carbocycles. The lowest BCUT2D eigenvalue weighted by Crippen LogP contribution is -2.48. The van der Waals surface area contributed by atoms with E-state index in [1.54, 1.807) is 0 Å². The second-order valence-electron chi connectivity index (χ2n) is 7.34. The van der Waals surface area contributed by atoms with Gasteiger partial charge >= 0.3 is 11.9 Å². The van der Waals surface area contributed by atoms with E-state index in [4.69, 9.17) is 4.74 Å². The number of amides is 1. The number of carbonyl (C=O) groups excluding carboxylic acids is 3. The molecule has 1 N–H and O–H groups in total. The largest absolute Gasteiger partial charge is 0.466 e. The second-order valence-corrected chi connectivity index (χ2v) is 7.34. The molecule has 1 amide bonds. The maximum absolute atomic E-state index is 12.8. The van der Waals surface area contributed by atoms with Crippen molar-refractivity contribution in [1.82, 2.24) is 4.90 Å². The van der Waals surface area contributed by atoms with Crippen molar-refractivity contribution in [2.24, 2.45) is 0 Å². The summed E-state index contributed by atoms with van der Waals surface area (Å²) in [4.78, 5) is 40.3. The predicted molar refractivity (Wildman–Crippen MR) is 121 cm³/mol. The molecule has 0 spiro atoms. The van der Waals surface area contributed by atoms with E-state index in [1.807, 2.05) is 60.4 Å². The third kappa shape index (κ3) is 5.46. The molecule has 0 aliphatic carbocycles. The molecule has 32 heavy (non-hydrogen) atoms. The summed E-state index contributed by atoms with van der Waals surface area (Å²) in [6.45, 7) is 4.67. The molecule has 0 atom stereocenters. The number of nitrogens with zero attached hydrogens (tertiary/aromatic N) is 2.